The third kappa shape index (κ3) is 3.85. The number of aromatic nitrogens is 1. The average Bonchev–Trinajstić information content (AvgIpc) is 2.97. The van der Waals surface area contributed by atoms with Crippen molar-refractivity contribution in [2.45, 2.75) is 27.7 Å². The molecule has 1 fully saturated rings. The lowest BCUT2D eigenvalue weighted by molar-refractivity contribution is -0.122. The van der Waals surface area contributed by atoms with Gasteiger partial charge in [0.05, 0.1) is 5.69 Å². The number of nitrogens with one attached hydrogen (secondary N) is 1. The van der Waals surface area contributed by atoms with E-state index < -0.39 is 17.8 Å². The second-order valence-corrected chi connectivity index (χ2v) is 8.38. The Morgan fingerprint density at radius 1 is 0.875 bits per heavy atom. The van der Waals surface area contributed by atoms with Gasteiger partial charge in [-0.3, -0.25) is 14.9 Å². The van der Waals surface area contributed by atoms with Crippen LogP contribution in [-0.4, -0.2) is 22.4 Å². The Balaban J connectivity index is 1.78. The summed E-state index contributed by atoms with van der Waals surface area (Å²) in [6.45, 7) is 7.60. The van der Waals surface area contributed by atoms with Crippen LogP contribution in [0.1, 0.15) is 28.1 Å². The Morgan fingerprint density at radius 3 is 2.22 bits per heavy atom. The van der Waals surface area contributed by atoms with Crippen molar-refractivity contribution in [2.75, 3.05) is 4.90 Å². The summed E-state index contributed by atoms with van der Waals surface area (Å²) < 4.78 is 2.00. The van der Waals surface area contributed by atoms with E-state index in [1.165, 1.54) is 6.08 Å². The molecule has 0 atom stereocenters. The third-order valence-electron chi connectivity index (χ3n) is 5.40. The first-order chi connectivity index (χ1) is 15.2. The Bertz CT molecular complexity index is 1300. The van der Waals surface area contributed by atoms with Gasteiger partial charge in [0.1, 0.15) is 5.57 Å². The van der Waals surface area contributed by atoms with Gasteiger partial charge in [-0.1, -0.05) is 23.7 Å². The molecule has 0 radical (unpaired) electrons. The first kappa shape index (κ1) is 21.6. The molecule has 1 N–H and O–H groups in total. The molecule has 32 heavy (non-hydrogen) atoms. The molecule has 0 spiro atoms. The van der Waals surface area contributed by atoms with E-state index in [0.29, 0.717) is 16.3 Å². The molecule has 0 aliphatic carbocycles. The highest BCUT2D eigenvalue weighted by Crippen LogP contribution is 2.27. The topological polar surface area (TPSA) is 71.4 Å². The number of anilines is 1. The number of hydrogen-bond donors (Lipinski definition) is 1. The van der Waals surface area contributed by atoms with Gasteiger partial charge in [0.2, 0.25) is 0 Å². The number of aryl methyl sites for hydroxylation is 3. The molecule has 1 aliphatic rings. The summed E-state index contributed by atoms with van der Waals surface area (Å²) in [7, 11) is 0. The van der Waals surface area contributed by atoms with Crippen molar-refractivity contribution in [1.29, 1.82) is 0 Å². The number of barbiturate groups is 1. The maximum Gasteiger partial charge on any atom is 0.335 e. The summed E-state index contributed by atoms with van der Waals surface area (Å²) in [5, 5.41) is 2.89. The van der Waals surface area contributed by atoms with Crippen LogP contribution in [0.25, 0.3) is 11.8 Å². The SMILES string of the molecule is Cc1cc(C)cc(N2C(=O)NC(=O)/C(=C\c3cc(C)n(-c4cccc(Cl)c4)c3C)C2=O)c1. The van der Waals surface area contributed by atoms with Gasteiger partial charge in [-0.25, -0.2) is 9.69 Å². The van der Waals surface area contributed by atoms with E-state index in [9.17, 15) is 14.4 Å². The fourth-order valence-corrected chi connectivity index (χ4v) is 4.26. The summed E-state index contributed by atoms with van der Waals surface area (Å²) in [5.74, 6) is -1.37. The zero-order valence-electron chi connectivity index (χ0n) is 18.2. The van der Waals surface area contributed by atoms with E-state index in [4.69, 9.17) is 11.6 Å². The van der Waals surface area contributed by atoms with Gasteiger partial charge in [0.25, 0.3) is 11.8 Å². The maximum absolute atomic E-state index is 13.2. The molecule has 0 saturated carbocycles. The second kappa shape index (κ2) is 8.13. The van der Waals surface area contributed by atoms with Crippen LogP contribution in [0, 0.1) is 27.7 Å². The number of carbonyl (C=O) groups excluding carboxylic acids is 3. The van der Waals surface area contributed by atoms with Crippen LogP contribution in [0.5, 0.6) is 0 Å². The fourth-order valence-electron chi connectivity index (χ4n) is 4.07. The maximum atomic E-state index is 13.2. The Kier molecular flexibility index (Phi) is 5.48. The molecule has 1 aromatic heterocycles. The molecule has 6 nitrogen and oxygen atoms in total. The van der Waals surface area contributed by atoms with E-state index in [2.05, 4.69) is 5.32 Å². The summed E-state index contributed by atoms with van der Waals surface area (Å²) >= 11 is 6.15. The number of imide groups is 2. The predicted octanol–water partition coefficient (Wildman–Crippen LogP) is 5.03. The normalized spacial score (nSPS) is 15.5. The van der Waals surface area contributed by atoms with Crippen molar-refractivity contribution >= 4 is 41.2 Å². The average molecular weight is 448 g/mol. The molecular formula is C25H22ClN3O3. The molecule has 1 aliphatic heterocycles. The smallest absolute Gasteiger partial charge is 0.318 e. The van der Waals surface area contributed by atoms with E-state index in [-0.39, 0.29) is 5.57 Å². The van der Waals surface area contributed by atoms with E-state index in [1.807, 2.05) is 62.6 Å². The monoisotopic (exact) mass is 447 g/mol. The number of amides is 4. The molecular weight excluding hydrogens is 426 g/mol. The Hall–Kier alpha value is -3.64. The highest BCUT2D eigenvalue weighted by Gasteiger charge is 2.37. The van der Waals surface area contributed by atoms with Crippen LogP contribution in [0.15, 0.2) is 54.1 Å². The summed E-state index contributed by atoms with van der Waals surface area (Å²) in [5.41, 5.74) is 5.48. The lowest BCUT2D eigenvalue weighted by Gasteiger charge is -2.27. The zero-order valence-corrected chi connectivity index (χ0v) is 18.9. The number of rotatable bonds is 3. The van der Waals surface area contributed by atoms with Gasteiger partial charge in [-0.15, -0.1) is 0 Å². The second-order valence-electron chi connectivity index (χ2n) is 7.95. The minimum atomic E-state index is -0.758. The largest absolute Gasteiger partial charge is 0.335 e. The Labute approximate surface area is 191 Å². The molecule has 162 valence electrons. The minimum Gasteiger partial charge on any atom is -0.318 e. The zero-order chi connectivity index (χ0) is 23.2. The molecule has 4 amide bonds. The molecule has 4 rings (SSSR count). The highest BCUT2D eigenvalue weighted by atomic mass is 35.5. The predicted molar refractivity (Wildman–Crippen MR) is 125 cm³/mol. The van der Waals surface area contributed by atoms with Crippen LogP contribution < -0.4 is 10.2 Å². The van der Waals surface area contributed by atoms with Crippen LogP contribution in [0.2, 0.25) is 5.02 Å². The standard InChI is InChI=1S/C25H22ClN3O3/c1-14-8-15(2)10-21(9-14)29-24(31)22(23(30)27-25(29)32)12-18-11-16(3)28(17(18)4)20-7-5-6-19(26)13-20/h5-13H,1-4H3,(H,27,30,32)/b22-12+. The Morgan fingerprint density at radius 2 is 1.56 bits per heavy atom. The number of benzene rings is 2. The van der Waals surface area contributed by atoms with Crippen molar-refractivity contribution in [3.8, 4) is 5.69 Å². The number of urea groups is 1. The van der Waals surface area contributed by atoms with Crippen LogP contribution in [0.3, 0.4) is 0 Å². The lowest BCUT2D eigenvalue weighted by atomic mass is 10.1. The van der Waals surface area contributed by atoms with Crippen LogP contribution in [-0.2, 0) is 9.59 Å². The first-order valence-electron chi connectivity index (χ1n) is 10.1. The van der Waals surface area contributed by atoms with Gasteiger partial charge in [0.15, 0.2) is 0 Å². The number of nitrogens with zero attached hydrogens (tertiary/aromatic N) is 2. The van der Waals surface area contributed by atoms with Crippen molar-refractivity contribution in [3.63, 3.8) is 0 Å². The van der Waals surface area contributed by atoms with Crippen molar-refractivity contribution < 1.29 is 14.4 Å². The number of halogens is 1. The van der Waals surface area contributed by atoms with Crippen molar-refractivity contribution in [3.05, 3.63) is 87.2 Å². The minimum absolute atomic E-state index is 0.102. The lowest BCUT2D eigenvalue weighted by Crippen LogP contribution is -2.54. The molecule has 7 heteroatoms. The first-order valence-corrected chi connectivity index (χ1v) is 10.5. The van der Waals surface area contributed by atoms with Crippen LogP contribution in [0.4, 0.5) is 10.5 Å². The summed E-state index contributed by atoms with van der Waals surface area (Å²) in [6, 6.07) is 14.0. The van der Waals surface area contributed by atoms with Crippen molar-refractivity contribution in [2.24, 2.45) is 0 Å². The summed E-state index contributed by atoms with van der Waals surface area (Å²) in [6.07, 6.45) is 1.53. The molecule has 2 heterocycles. The van der Waals surface area contributed by atoms with E-state index >= 15 is 0 Å². The summed E-state index contributed by atoms with van der Waals surface area (Å²) in [4.78, 5) is 39.3. The van der Waals surface area contributed by atoms with E-state index in [1.54, 1.807) is 18.2 Å². The van der Waals surface area contributed by atoms with Gasteiger partial charge in [-0.05, 0) is 86.9 Å². The van der Waals surface area contributed by atoms with Crippen LogP contribution >= 0.6 is 11.6 Å². The van der Waals surface area contributed by atoms with Gasteiger partial charge in [-0.2, -0.15) is 0 Å². The fraction of sp³-hybridized carbons (Fsp3) is 0.160. The van der Waals surface area contributed by atoms with Crippen molar-refractivity contribution in [1.82, 2.24) is 9.88 Å². The highest BCUT2D eigenvalue weighted by molar-refractivity contribution is 6.39. The number of carbonyl (C=O) groups is 3. The molecule has 2 aromatic carbocycles. The van der Waals surface area contributed by atoms with Gasteiger partial charge in [0, 0.05) is 22.1 Å². The van der Waals surface area contributed by atoms with Gasteiger partial charge >= 0.3 is 6.03 Å². The molecule has 3 aromatic rings. The van der Waals surface area contributed by atoms with Gasteiger partial charge < -0.3 is 4.57 Å². The third-order valence-corrected chi connectivity index (χ3v) is 5.64. The quantitative estimate of drug-likeness (QED) is 0.452. The molecule has 0 unspecified atom stereocenters. The van der Waals surface area contributed by atoms with E-state index in [0.717, 1.165) is 33.1 Å². The number of hydrogen-bond acceptors (Lipinski definition) is 3. The molecule has 0 bridgehead atoms. The molecule has 1 saturated heterocycles.